The van der Waals surface area contributed by atoms with E-state index in [-0.39, 0.29) is 5.91 Å². The van der Waals surface area contributed by atoms with Crippen molar-refractivity contribution in [2.75, 3.05) is 12.5 Å². The summed E-state index contributed by atoms with van der Waals surface area (Å²) in [5.74, 6) is 5.61. The molecule has 0 aliphatic carbocycles. The number of pyridine rings is 1. The first-order valence-corrected chi connectivity index (χ1v) is 7.24. The molecule has 1 amide bonds. The third-order valence-corrected chi connectivity index (χ3v) is 3.73. The van der Waals surface area contributed by atoms with Crippen LogP contribution in [0, 0.1) is 0 Å². The van der Waals surface area contributed by atoms with Crippen LogP contribution in [-0.2, 0) is 6.54 Å². The fraction of sp³-hybridized carbons (Fsp3) is 0.167. The predicted octanol–water partition coefficient (Wildman–Crippen LogP) is 2.46. The maximum Gasteiger partial charge on any atom is 0.257 e. The molecule has 2 aromatic rings. The number of nitrogens with two attached hydrogens (primary N) is 1. The lowest BCUT2D eigenvalue weighted by molar-refractivity contribution is 0.0785. The molecule has 0 spiro atoms. The number of nitrogens with one attached hydrogen (secondary N) is 1. The summed E-state index contributed by atoms with van der Waals surface area (Å²) >= 11 is 4.91. The lowest BCUT2D eigenvalue weighted by Gasteiger charge is -2.18. The van der Waals surface area contributed by atoms with Gasteiger partial charge in [-0.05, 0) is 44.4 Å². The number of hydrazine groups is 1. The van der Waals surface area contributed by atoms with E-state index in [0.29, 0.717) is 17.9 Å². The molecule has 0 aliphatic heterocycles. The Labute approximate surface area is 123 Å². The first-order chi connectivity index (χ1) is 9.11. The summed E-state index contributed by atoms with van der Waals surface area (Å²) in [5.41, 5.74) is 3.98. The van der Waals surface area contributed by atoms with Gasteiger partial charge in [0.25, 0.3) is 5.91 Å². The highest BCUT2D eigenvalue weighted by atomic mass is 79.9. The minimum Gasteiger partial charge on any atom is -0.337 e. The zero-order valence-electron chi connectivity index (χ0n) is 10.3. The third-order valence-electron chi connectivity index (χ3n) is 2.57. The SMILES string of the molecule is CN(Cc1ccsc1)C(=O)c1cc(Br)cnc1NN. The molecule has 0 aromatic carbocycles. The molecule has 2 rings (SSSR count). The van der Waals surface area contributed by atoms with Crippen molar-refractivity contribution in [3.05, 3.63) is 44.7 Å². The highest BCUT2D eigenvalue weighted by Crippen LogP contribution is 2.19. The number of hydrogen-bond acceptors (Lipinski definition) is 5. The van der Waals surface area contributed by atoms with E-state index in [1.54, 1.807) is 35.5 Å². The monoisotopic (exact) mass is 340 g/mol. The number of rotatable bonds is 4. The highest BCUT2D eigenvalue weighted by Gasteiger charge is 2.17. The molecule has 7 heteroatoms. The highest BCUT2D eigenvalue weighted by molar-refractivity contribution is 9.10. The summed E-state index contributed by atoms with van der Waals surface area (Å²) in [6.07, 6.45) is 1.59. The normalized spacial score (nSPS) is 10.3. The lowest BCUT2D eigenvalue weighted by Crippen LogP contribution is -2.27. The van der Waals surface area contributed by atoms with Crippen LogP contribution in [-0.4, -0.2) is 22.8 Å². The van der Waals surface area contributed by atoms with Gasteiger partial charge in [0, 0.05) is 24.3 Å². The first-order valence-electron chi connectivity index (χ1n) is 5.50. The molecule has 100 valence electrons. The molecule has 0 fully saturated rings. The molecule has 0 bridgehead atoms. The van der Waals surface area contributed by atoms with E-state index in [0.717, 1.165) is 10.0 Å². The van der Waals surface area contributed by atoms with Crippen LogP contribution in [0.2, 0.25) is 0 Å². The predicted molar refractivity (Wildman–Crippen MR) is 79.9 cm³/mol. The number of amides is 1. The minimum atomic E-state index is -0.132. The second kappa shape index (κ2) is 6.14. The number of hydrogen-bond donors (Lipinski definition) is 2. The molecule has 0 radical (unpaired) electrons. The Balaban J connectivity index is 2.21. The van der Waals surface area contributed by atoms with Gasteiger partial charge < -0.3 is 10.3 Å². The first kappa shape index (κ1) is 14.0. The van der Waals surface area contributed by atoms with Gasteiger partial charge >= 0.3 is 0 Å². The molecule has 0 saturated heterocycles. The van der Waals surface area contributed by atoms with Crippen LogP contribution in [0.15, 0.2) is 33.6 Å². The summed E-state index contributed by atoms with van der Waals surface area (Å²) < 4.78 is 0.735. The molecular formula is C12H13BrN4OS. The summed E-state index contributed by atoms with van der Waals surface area (Å²) in [5, 5.41) is 4.01. The number of carbonyl (C=O) groups is 1. The van der Waals surface area contributed by atoms with Crippen LogP contribution in [0.5, 0.6) is 0 Å². The fourth-order valence-electron chi connectivity index (χ4n) is 1.65. The van der Waals surface area contributed by atoms with Crippen molar-refractivity contribution in [1.82, 2.24) is 9.88 Å². The van der Waals surface area contributed by atoms with E-state index in [1.807, 2.05) is 16.8 Å². The average Bonchev–Trinajstić information content (AvgIpc) is 2.90. The van der Waals surface area contributed by atoms with Crippen LogP contribution < -0.4 is 11.3 Å². The average molecular weight is 341 g/mol. The molecule has 0 unspecified atom stereocenters. The van der Waals surface area contributed by atoms with E-state index < -0.39 is 0 Å². The number of nitrogen functional groups attached to an aromatic ring is 1. The van der Waals surface area contributed by atoms with Crippen molar-refractivity contribution >= 4 is 39.0 Å². The van der Waals surface area contributed by atoms with E-state index in [4.69, 9.17) is 5.84 Å². The Morgan fingerprint density at radius 1 is 1.63 bits per heavy atom. The van der Waals surface area contributed by atoms with Gasteiger partial charge in [0.2, 0.25) is 0 Å². The van der Waals surface area contributed by atoms with E-state index in [9.17, 15) is 4.79 Å². The summed E-state index contributed by atoms with van der Waals surface area (Å²) in [6.45, 7) is 0.554. The van der Waals surface area contributed by atoms with E-state index >= 15 is 0 Å². The van der Waals surface area contributed by atoms with Gasteiger partial charge in [-0.25, -0.2) is 10.8 Å². The molecule has 2 heterocycles. The van der Waals surface area contributed by atoms with Crippen molar-refractivity contribution in [3.63, 3.8) is 0 Å². The Hall–Kier alpha value is -1.44. The number of carbonyl (C=O) groups excluding carboxylic acids is 1. The zero-order chi connectivity index (χ0) is 13.8. The topological polar surface area (TPSA) is 71.2 Å². The van der Waals surface area contributed by atoms with Gasteiger partial charge in [0.1, 0.15) is 0 Å². The number of anilines is 1. The van der Waals surface area contributed by atoms with Gasteiger partial charge in [0.15, 0.2) is 5.82 Å². The molecule has 0 atom stereocenters. The van der Waals surface area contributed by atoms with Crippen LogP contribution in [0.25, 0.3) is 0 Å². The minimum absolute atomic E-state index is 0.132. The molecule has 0 aliphatic rings. The number of thiophene rings is 1. The summed E-state index contributed by atoms with van der Waals surface area (Å²) in [6, 6.07) is 3.70. The van der Waals surface area contributed by atoms with Crippen LogP contribution >= 0.6 is 27.3 Å². The van der Waals surface area contributed by atoms with Crippen molar-refractivity contribution in [3.8, 4) is 0 Å². The second-order valence-corrected chi connectivity index (χ2v) is 5.68. The summed E-state index contributed by atoms with van der Waals surface area (Å²) in [7, 11) is 1.75. The largest absolute Gasteiger partial charge is 0.337 e. The second-order valence-electron chi connectivity index (χ2n) is 3.99. The van der Waals surface area contributed by atoms with E-state index in [2.05, 4.69) is 26.3 Å². The molecule has 2 aromatic heterocycles. The van der Waals surface area contributed by atoms with Crippen molar-refractivity contribution in [1.29, 1.82) is 0 Å². The zero-order valence-corrected chi connectivity index (χ0v) is 12.7. The fourth-order valence-corrected chi connectivity index (χ4v) is 2.64. The van der Waals surface area contributed by atoms with Gasteiger partial charge in [-0.3, -0.25) is 4.79 Å². The Morgan fingerprint density at radius 3 is 3.05 bits per heavy atom. The Morgan fingerprint density at radius 2 is 2.42 bits per heavy atom. The smallest absolute Gasteiger partial charge is 0.257 e. The van der Waals surface area contributed by atoms with Crippen molar-refractivity contribution < 1.29 is 4.79 Å². The molecule has 0 saturated carbocycles. The van der Waals surface area contributed by atoms with Crippen LogP contribution in [0.1, 0.15) is 15.9 Å². The van der Waals surface area contributed by atoms with Crippen LogP contribution in [0.4, 0.5) is 5.82 Å². The standard InChI is InChI=1S/C12H13BrN4OS/c1-17(6-8-2-3-19-7-8)12(18)10-4-9(13)5-15-11(10)16-14/h2-5,7H,6,14H2,1H3,(H,15,16). The maximum absolute atomic E-state index is 12.4. The van der Waals surface area contributed by atoms with Crippen molar-refractivity contribution in [2.45, 2.75) is 6.54 Å². The van der Waals surface area contributed by atoms with Gasteiger partial charge in [-0.1, -0.05) is 0 Å². The van der Waals surface area contributed by atoms with Crippen LogP contribution in [0.3, 0.4) is 0 Å². The number of nitrogens with zero attached hydrogens (tertiary/aromatic N) is 2. The van der Waals surface area contributed by atoms with Crippen molar-refractivity contribution in [2.24, 2.45) is 5.84 Å². The number of halogens is 1. The third kappa shape index (κ3) is 3.31. The Bertz CT molecular complexity index is 573. The molecule has 5 nitrogen and oxygen atoms in total. The lowest BCUT2D eigenvalue weighted by atomic mass is 10.2. The maximum atomic E-state index is 12.4. The Kier molecular flexibility index (Phi) is 4.52. The van der Waals surface area contributed by atoms with Gasteiger partial charge in [-0.2, -0.15) is 11.3 Å². The summed E-state index contributed by atoms with van der Waals surface area (Å²) in [4.78, 5) is 18.1. The molecule has 19 heavy (non-hydrogen) atoms. The molecule has 3 N–H and O–H groups in total. The number of aromatic nitrogens is 1. The van der Waals surface area contributed by atoms with Gasteiger partial charge in [0.05, 0.1) is 5.56 Å². The van der Waals surface area contributed by atoms with Gasteiger partial charge in [-0.15, -0.1) is 0 Å². The van der Waals surface area contributed by atoms with E-state index in [1.165, 1.54) is 0 Å². The quantitative estimate of drug-likeness (QED) is 0.662. The molecular weight excluding hydrogens is 328 g/mol.